The third-order valence-electron chi connectivity index (χ3n) is 4.64. The maximum atomic E-state index is 13.0. The molecule has 1 aromatic carbocycles. The molecule has 1 aliphatic rings. The van der Waals surface area contributed by atoms with Gasteiger partial charge in [-0.25, -0.2) is 9.59 Å². The lowest BCUT2D eigenvalue weighted by atomic mass is 9.94. The molecule has 0 saturated heterocycles. The molecule has 27 heavy (non-hydrogen) atoms. The van der Waals surface area contributed by atoms with E-state index in [1.807, 2.05) is 6.07 Å². The molecule has 0 bridgehead atoms. The highest BCUT2D eigenvalue weighted by Crippen LogP contribution is 2.26. The summed E-state index contributed by atoms with van der Waals surface area (Å²) in [5.41, 5.74) is -0.584. The number of carbonyl (C=O) groups is 1. The number of hydrogen-bond acceptors (Lipinski definition) is 5. The fourth-order valence-corrected chi connectivity index (χ4v) is 3.87. The molecule has 1 saturated carbocycles. The molecule has 0 atom stereocenters. The van der Waals surface area contributed by atoms with Crippen LogP contribution in [-0.4, -0.2) is 43.3 Å². The van der Waals surface area contributed by atoms with Crippen molar-refractivity contribution in [3.63, 3.8) is 0 Å². The standard InChI is InChI=1S/C17H18Cl2N6O2/c18-13-8-4-9-14(19)15(13)24-17(27)25(22-21-24)16(26)23(11-5-10-20)12-6-2-1-3-7-12/h4,8-9,12H,1-3,5-7,11H2. The van der Waals surface area contributed by atoms with Gasteiger partial charge in [0.25, 0.3) is 0 Å². The van der Waals surface area contributed by atoms with Crippen LogP contribution in [0.3, 0.4) is 0 Å². The van der Waals surface area contributed by atoms with Crippen molar-refractivity contribution in [2.75, 3.05) is 6.54 Å². The van der Waals surface area contributed by atoms with E-state index < -0.39 is 11.7 Å². The zero-order chi connectivity index (χ0) is 19.4. The lowest BCUT2D eigenvalue weighted by molar-refractivity contribution is 0.154. The topological polar surface area (TPSA) is 96.8 Å². The van der Waals surface area contributed by atoms with Crippen molar-refractivity contribution in [1.29, 1.82) is 5.26 Å². The van der Waals surface area contributed by atoms with Gasteiger partial charge in [-0.2, -0.15) is 9.94 Å². The first-order valence-corrected chi connectivity index (χ1v) is 9.47. The van der Waals surface area contributed by atoms with Crippen molar-refractivity contribution in [2.24, 2.45) is 0 Å². The number of hydrogen-bond donors (Lipinski definition) is 0. The Balaban J connectivity index is 1.95. The molecular weight excluding hydrogens is 391 g/mol. The highest BCUT2D eigenvalue weighted by Gasteiger charge is 2.29. The van der Waals surface area contributed by atoms with E-state index in [0.717, 1.165) is 36.8 Å². The quantitative estimate of drug-likeness (QED) is 0.723. The summed E-state index contributed by atoms with van der Waals surface area (Å²) < 4.78 is 1.61. The Kier molecular flexibility index (Phi) is 6.14. The molecule has 0 N–H and O–H groups in total. The second-order valence-electron chi connectivity index (χ2n) is 6.33. The van der Waals surface area contributed by atoms with Gasteiger partial charge in [-0.1, -0.05) is 48.5 Å². The summed E-state index contributed by atoms with van der Waals surface area (Å²) >= 11 is 12.3. The molecule has 0 aliphatic heterocycles. The van der Waals surface area contributed by atoms with Crippen molar-refractivity contribution in [2.45, 2.75) is 44.6 Å². The Morgan fingerprint density at radius 2 is 1.89 bits per heavy atom. The minimum absolute atomic E-state index is 0.0134. The Hall–Kier alpha value is -2.37. The summed E-state index contributed by atoms with van der Waals surface area (Å²) in [6.45, 7) is 0.242. The maximum absolute atomic E-state index is 13.0. The Bertz CT molecular complexity index is 906. The average molecular weight is 409 g/mol. The van der Waals surface area contributed by atoms with Crippen LogP contribution in [0.25, 0.3) is 5.69 Å². The number of nitrogens with zero attached hydrogens (tertiary/aromatic N) is 6. The predicted molar refractivity (Wildman–Crippen MR) is 100 cm³/mol. The lowest BCUT2D eigenvalue weighted by Crippen LogP contribution is -2.47. The molecule has 1 heterocycles. The van der Waals surface area contributed by atoms with Crippen LogP contribution in [-0.2, 0) is 0 Å². The van der Waals surface area contributed by atoms with Gasteiger partial charge >= 0.3 is 11.7 Å². The van der Waals surface area contributed by atoms with Crippen LogP contribution in [0.4, 0.5) is 4.79 Å². The van der Waals surface area contributed by atoms with E-state index in [4.69, 9.17) is 28.5 Å². The number of para-hydroxylation sites is 1. The average Bonchev–Trinajstić information content (AvgIpc) is 3.04. The summed E-state index contributed by atoms with van der Waals surface area (Å²) in [4.78, 5) is 27.3. The molecule has 1 aliphatic carbocycles. The summed E-state index contributed by atoms with van der Waals surface area (Å²) in [7, 11) is 0. The van der Waals surface area contributed by atoms with Crippen LogP contribution in [0.5, 0.6) is 0 Å². The third-order valence-corrected chi connectivity index (χ3v) is 5.25. The summed E-state index contributed by atoms with van der Waals surface area (Å²) in [5, 5.41) is 16.9. The summed E-state index contributed by atoms with van der Waals surface area (Å²) in [5.74, 6) is 0. The summed E-state index contributed by atoms with van der Waals surface area (Å²) in [6, 6.07) is 6.22. The Morgan fingerprint density at radius 3 is 2.52 bits per heavy atom. The Labute approximate surface area is 165 Å². The van der Waals surface area contributed by atoms with Crippen molar-refractivity contribution >= 4 is 29.2 Å². The second kappa shape index (κ2) is 8.55. The molecule has 2 aromatic rings. The van der Waals surface area contributed by atoms with Crippen molar-refractivity contribution in [1.82, 2.24) is 24.7 Å². The van der Waals surface area contributed by atoms with E-state index in [1.165, 1.54) is 0 Å². The predicted octanol–water partition coefficient (Wildman–Crippen LogP) is 3.25. The van der Waals surface area contributed by atoms with Gasteiger partial charge in [-0.05, 0) is 35.4 Å². The minimum Gasteiger partial charge on any atom is -0.319 e. The SMILES string of the molecule is N#CCCN(C(=O)n1nnn(-c2c(Cl)cccc2Cl)c1=O)C1CCCCC1. The molecule has 1 fully saturated rings. The fraction of sp³-hybridized carbons (Fsp3) is 0.471. The number of carbonyl (C=O) groups excluding carboxylic acids is 1. The lowest BCUT2D eigenvalue weighted by Gasteiger charge is -2.33. The Morgan fingerprint density at radius 1 is 1.22 bits per heavy atom. The van der Waals surface area contributed by atoms with Gasteiger partial charge in [0.2, 0.25) is 0 Å². The van der Waals surface area contributed by atoms with Crippen LogP contribution >= 0.6 is 23.2 Å². The maximum Gasteiger partial charge on any atom is 0.377 e. The number of aromatic nitrogens is 4. The normalized spacial score (nSPS) is 14.7. The largest absolute Gasteiger partial charge is 0.377 e. The number of halogens is 2. The molecule has 0 unspecified atom stereocenters. The molecular formula is C17H18Cl2N6O2. The van der Waals surface area contributed by atoms with Gasteiger partial charge in [0.1, 0.15) is 5.69 Å². The van der Waals surface area contributed by atoms with Crippen LogP contribution in [0.2, 0.25) is 10.0 Å². The minimum atomic E-state index is -0.757. The van der Waals surface area contributed by atoms with E-state index in [0.29, 0.717) is 4.68 Å². The second-order valence-corrected chi connectivity index (χ2v) is 7.15. The number of amides is 1. The highest BCUT2D eigenvalue weighted by molar-refractivity contribution is 6.37. The van der Waals surface area contributed by atoms with E-state index in [-0.39, 0.29) is 34.7 Å². The van der Waals surface area contributed by atoms with Gasteiger partial charge in [0.15, 0.2) is 0 Å². The number of benzene rings is 1. The molecule has 3 rings (SSSR count). The zero-order valence-electron chi connectivity index (χ0n) is 14.5. The van der Waals surface area contributed by atoms with Crippen molar-refractivity contribution in [3.8, 4) is 11.8 Å². The third kappa shape index (κ3) is 3.99. The van der Waals surface area contributed by atoms with E-state index in [2.05, 4.69) is 10.4 Å². The van der Waals surface area contributed by atoms with Gasteiger partial charge in [-0.15, -0.1) is 4.68 Å². The highest BCUT2D eigenvalue weighted by atomic mass is 35.5. The molecule has 142 valence electrons. The molecule has 10 heteroatoms. The van der Waals surface area contributed by atoms with Crippen molar-refractivity contribution in [3.05, 3.63) is 38.7 Å². The van der Waals surface area contributed by atoms with Crippen molar-refractivity contribution < 1.29 is 4.79 Å². The molecule has 1 amide bonds. The van der Waals surface area contributed by atoms with Gasteiger partial charge < -0.3 is 4.90 Å². The van der Waals surface area contributed by atoms with E-state index in [9.17, 15) is 9.59 Å². The monoisotopic (exact) mass is 408 g/mol. The van der Waals surface area contributed by atoms with Gasteiger partial charge in [-0.3, -0.25) is 0 Å². The first kappa shape index (κ1) is 19.4. The van der Waals surface area contributed by atoms with Gasteiger partial charge in [0.05, 0.1) is 22.5 Å². The smallest absolute Gasteiger partial charge is 0.319 e. The number of nitriles is 1. The van der Waals surface area contributed by atoms with Crippen LogP contribution in [0.1, 0.15) is 38.5 Å². The van der Waals surface area contributed by atoms with Crippen LogP contribution < -0.4 is 5.69 Å². The zero-order valence-corrected chi connectivity index (χ0v) is 16.0. The molecule has 0 radical (unpaired) electrons. The number of rotatable bonds is 4. The van der Waals surface area contributed by atoms with Crippen LogP contribution in [0, 0.1) is 11.3 Å². The van der Waals surface area contributed by atoms with Gasteiger partial charge in [0, 0.05) is 12.6 Å². The molecule has 1 aromatic heterocycles. The molecule has 8 nitrogen and oxygen atoms in total. The summed E-state index contributed by atoms with van der Waals surface area (Å²) in [6.07, 6.45) is 5.02. The first-order valence-electron chi connectivity index (χ1n) is 8.72. The van der Waals surface area contributed by atoms with Crippen LogP contribution in [0.15, 0.2) is 23.0 Å². The number of tetrazole rings is 1. The first-order chi connectivity index (χ1) is 13.0. The fourth-order valence-electron chi connectivity index (χ4n) is 3.32. The van der Waals surface area contributed by atoms with E-state index in [1.54, 1.807) is 23.1 Å². The van der Waals surface area contributed by atoms with E-state index >= 15 is 0 Å². The molecule has 0 spiro atoms.